The highest BCUT2D eigenvalue weighted by molar-refractivity contribution is 7.92. The summed E-state index contributed by atoms with van der Waals surface area (Å²) >= 11 is 0. The largest absolute Gasteiger partial charge is 0.352 e. The lowest BCUT2D eigenvalue weighted by molar-refractivity contribution is -0.140. The summed E-state index contributed by atoms with van der Waals surface area (Å²) in [6.45, 7) is 10.7. The van der Waals surface area contributed by atoms with E-state index in [2.05, 4.69) is 5.32 Å². The smallest absolute Gasteiger partial charge is 0.264 e. The van der Waals surface area contributed by atoms with E-state index < -0.39 is 34.3 Å². The first-order valence-corrected chi connectivity index (χ1v) is 15.3. The highest BCUT2D eigenvalue weighted by Crippen LogP contribution is 2.27. The number of sulfonamides is 1. The van der Waals surface area contributed by atoms with Crippen LogP contribution in [0.2, 0.25) is 0 Å². The normalized spacial score (nSPS) is 12.9. The van der Waals surface area contributed by atoms with Gasteiger partial charge in [0.05, 0.1) is 10.6 Å². The van der Waals surface area contributed by atoms with Gasteiger partial charge in [0.15, 0.2) is 0 Å². The monoisotopic (exact) mass is 581 g/mol. The highest BCUT2D eigenvalue weighted by Gasteiger charge is 2.34. The average molecular weight is 582 g/mol. The molecular formula is C32H40FN3O4S. The van der Waals surface area contributed by atoms with Gasteiger partial charge in [0.2, 0.25) is 11.8 Å². The lowest BCUT2D eigenvalue weighted by atomic mass is 10.1. The van der Waals surface area contributed by atoms with Crippen LogP contribution in [-0.4, -0.2) is 43.8 Å². The minimum atomic E-state index is -4.15. The molecule has 0 saturated heterocycles. The second-order valence-electron chi connectivity index (χ2n) is 10.6. The van der Waals surface area contributed by atoms with E-state index in [4.69, 9.17) is 0 Å². The van der Waals surface area contributed by atoms with Gasteiger partial charge < -0.3 is 10.2 Å². The highest BCUT2D eigenvalue weighted by atomic mass is 32.2. The number of hydrogen-bond donors (Lipinski definition) is 1. The first kappa shape index (κ1) is 31.8. The van der Waals surface area contributed by atoms with Gasteiger partial charge in [0.25, 0.3) is 10.0 Å². The van der Waals surface area contributed by atoms with E-state index in [9.17, 15) is 22.4 Å². The number of halogens is 1. The van der Waals surface area contributed by atoms with Crippen molar-refractivity contribution in [2.24, 2.45) is 0 Å². The van der Waals surface area contributed by atoms with E-state index in [0.717, 1.165) is 21.0 Å². The number of aryl methyl sites for hydroxylation is 3. The van der Waals surface area contributed by atoms with Crippen molar-refractivity contribution < 1.29 is 22.4 Å². The van der Waals surface area contributed by atoms with Gasteiger partial charge in [-0.05, 0) is 93.6 Å². The number of carbonyl (C=O) groups is 2. The second kappa shape index (κ2) is 13.8. The van der Waals surface area contributed by atoms with Gasteiger partial charge in [-0.15, -0.1) is 0 Å². The van der Waals surface area contributed by atoms with Crippen molar-refractivity contribution in [3.05, 3.63) is 94.8 Å². The molecule has 0 aliphatic heterocycles. The van der Waals surface area contributed by atoms with Crippen LogP contribution in [0.5, 0.6) is 0 Å². The molecule has 7 nitrogen and oxygen atoms in total. The maximum atomic E-state index is 14.1. The molecule has 9 heteroatoms. The summed E-state index contributed by atoms with van der Waals surface area (Å²) in [6, 6.07) is 16.6. The molecule has 1 N–H and O–H groups in total. The molecule has 3 rings (SSSR count). The molecule has 220 valence electrons. The molecule has 0 unspecified atom stereocenters. The fraction of sp³-hybridized carbons (Fsp3) is 0.375. The number of carbonyl (C=O) groups excluding carboxylic acids is 2. The molecule has 2 amide bonds. The topological polar surface area (TPSA) is 86.8 Å². The van der Waals surface area contributed by atoms with Crippen LogP contribution in [-0.2, 0) is 26.2 Å². The molecule has 0 fully saturated rings. The van der Waals surface area contributed by atoms with Gasteiger partial charge >= 0.3 is 0 Å². The Morgan fingerprint density at radius 1 is 0.854 bits per heavy atom. The van der Waals surface area contributed by atoms with E-state index in [-0.39, 0.29) is 23.4 Å². The molecule has 0 spiro atoms. The van der Waals surface area contributed by atoms with Crippen molar-refractivity contribution in [2.45, 2.75) is 77.9 Å². The maximum Gasteiger partial charge on any atom is 0.264 e. The summed E-state index contributed by atoms with van der Waals surface area (Å²) < 4.78 is 42.8. The molecule has 3 aromatic carbocycles. The van der Waals surface area contributed by atoms with E-state index in [1.807, 2.05) is 40.7 Å². The third-order valence-electron chi connectivity index (χ3n) is 7.04. The predicted molar refractivity (Wildman–Crippen MR) is 161 cm³/mol. The fourth-order valence-corrected chi connectivity index (χ4v) is 6.01. The van der Waals surface area contributed by atoms with Gasteiger partial charge in [-0.1, -0.05) is 49.7 Å². The van der Waals surface area contributed by atoms with Gasteiger partial charge in [0, 0.05) is 12.6 Å². The Kier molecular flexibility index (Phi) is 10.7. The molecule has 2 atom stereocenters. The summed E-state index contributed by atoms with van der Waals surface area (Å²) in [5, 5.41) is 2.95. The number of rotatable bonds is 12. The summed E-state index contributed by atoms with van der Waals surface area (Å²) in [4.78, 5) is 28.9. The Morgan fingerprint density at radius 2 is 1.44 bits per heavy atom. The summed E-state index contributed by atoms with van der Waals surface area (Å²) in [5.41, 5.74) is 3.57. The summed E-state index contributed by atoms with van der Waals surface area (Å²) in [5.74, 6) is -1.29. The van der Waals surface area contributed by atoms with Crippen molar-refractivity contribution in [1.29, 1.82) is 0 Å². The second-order valence-corrected chi connectivity index (χ2v) is 12.4. The van der Waals surface area contributed by atoms with E-state index in [1.165, 1.54) is 29.2 Å². The van der Waals surface area contributed by atoms with Crippen LogP contribution in [0.25, 0.3) is 0 Å². The Balaban J connectivity index is 2.09. The quantitative estimate of drug-likeness (QED) is 0.299. The molecule has 41 heavy (non-hydrogen) atoms. The number of anilines is 1. The maximum absolute atomic E-state index is 14.1. The fourth-order valence-electron chi connectivity index (χ4n) is 4.61. The minimum absolute atomic E-state index is 0.0107. The Morgan fingerprint density at radius 3 is 1.98 bits per heavy atom. The minimum Gasteiger partial charge on any atom is -0.352 e. The lowest BCUT2D eigenvalue weighted by Gasteiger charge is -2.34. The third kappa shape index (κ3) is 8.16. The van der Waals surface area contributed by atoms with Crippen LogP contribution in [0, 0.1) is 26.6 Å². The van der Waals surface area contributed by atoms with Gasteiger partial charge in [-0.2, -0.15) is 0 Å². The van der Waals surface area contributed by atoms with Crippen molar-refractivity contribution in [3.8, 4) is 0 Å². The molecule has 0 saturated carbocycles. The molecule has 0 heterocycles. The van der Waals surface area contributed by atoms with Crippen LogP contribution >= 0.6 is 0 Å². The molecule has 0 aliphatic rings. The van der Waals surface area contributed by atoms with Crippen molar-refractivity contribution in [2.75, 3.05) is 10.8 Å². The van der Waals surface area contributed by atoms with Crippen molar-refractivity contribution in [1.82, 2.24) is 10.2 Å². The number of amides is 2. The zero-order valence-electron chi connectivity index (χ0n) is 24.6. The predicted octanol–water partition coefficient (Wildman–Crippen LogP) is 5.67. The third-order valence-corrected chi connectivity index (χ3v) is 8.82. The number of hydrogen-bond acceptors (Lipinski definition) is 4. The van der Waals surface area contributed by atoms with Crippen LogP contribution in [0.3, 0.4) is 0 Å². The van der Waals surface area contributed by atoms with E-state index >= 15 is 0 Å². The number of nitrogens with one attached hydrogen (secondary N) is 1. The van der Waals surface area contributed by atoms with Crippen LogP contribution < -0.4 is 9.62 Å². The molecule has 0 radical (unpaired) electrons. The first-order valence-electron chi connectivity index (χ1n) is 13.9. The van der Waals surface area contributed by atoms with Crippen molar-refractivity contribution >= 4 is 27.5 Å². The summed E-state index contributed by atoms with van der Waals surface area (Å²) in [7, 11) is -4.15. The molecule has 3 aromatic rings. The SMILES string of the molecule is CC[C@@H](C)NC(=O)[C@@H](CC)N(Cc1ccc(F)cc1)C(=O)CN(c1cc(C)cc(C)c1)S(=O)(=O)c1ccc(C)cc1. The van der Waals surface area contributed by atoms with E-state index in [1.54, 1.807) is 43.3 Å². The standard InChI is InChI=1S/C32H40FN3O4S/c1-7-25(6)34-32(38)30(8-2)35(20-26-11-13-27(33)14-12-26)31(37)21-36(28-18-23(4)17-24(5)19-28)41(39,40)29-15-9-22(3)10-16-29/h9-19,25,30H,7-8,20-21H2,1-6H3,(H,34,38)/t25-,30-/m1/s1. The molecule has 0 bridgehead atoms. The molecule has 0 aliphatic carbocycles. The van der Waals surface area contributed by atoms with Crippen molar-refractivity contribution in [3.63, 3.8) is 0 Å². The number of nitrogens with zero attached hydrogens (tertiary/aromatic N) is 2. The Hall–Kier alpha value is -3.72. The molecular weight excluding hydrogens is 541 g/mol. The van der Waals surface area contributed by atoms with E-state index in [0.29, 0.717) is 24.1 Å². The zero-order valence-corrected chi connectivity index (χ0v) is 25.5. The van der Waals surface area contributed by atoms with Gasteiger partial charge in [0.1, 0.15) is 18.4 Å². The lowest BCUT2D eigenvalue weighted by Crippen LogP contribution is -2.53. The summed E-state index contributed by atoms with van der Waals surface area (Å²) in [6.07, 6.45) is 1.02. The Labute approximate surface area is 243 Å². The average Bonchev–Trinajstić information content (AvgIpc) is 2.92. The van der Waals surface area contributed by atoms with Gasteiger partial charge in [-0.25, -0.2) is 12.8 Å². The van der Waals surface area contributed by atoms with Crippen LogP contribution in [0.1, 0.15) is 55.9 Å². The molecule has 0 aromatic heterocycles. The first-order chi connectivity index (χ1) is 19.3. The van der Waals surface area contributed by atoms with Crippen LogP contribution in [0.4, 0.5) is 10.1 Å². The van der Waals surface area contributed by atoms with Gasteiger partial charge in [-0.3, -0.25) is 13.9 Å². The Bertz CT molecular complexity index is 1440. The van der Waals surface area contributed by atoms with Crippen LogP contribution in [0.15, 0.2) is 71.6 Å². The zero-order chi connectivity index (χ0) is 30.3. The number of benzene rings is 3.